The zero-order chi connectivity index (χ0) is 20.1. The van der Waals surface area contributed by atoms with Crippen LogP contribution >= 0.6 is 0 Å². The Labute approximate surface area is 172 Å². The molecule has 1 aliphatic carbocycles. The quantitative estimate of drug-likeness (QED) is 0.361. The molecule has 3 aromatic carbocycles. The molecule has 4 aromatic rings. The van der Waals surface area contributed by atoms with Crippen LogP contribution in [-0.4, -0.2) is 0 Å². The molecule has 0 spiro atoms. The molecule has 0 N–H and O–H groups in total. The van der Waals surface area contributed by atoms with Gasteiger partial charge in [0.15, 0.2) is 0 Å². The Kier molecular flexibility index (Phi) is 6.09. The zero-order valence-corrected chi connectivity index (χ0v) is 17.1. The first-order chi connectivity index (χ1) is 14.3. The number of unbranched alkanes of at least 4 members (excludes halogenated alkanes) is 1. The molecule has 0 unspecified atom stereocenters. The molecule has 1 aromatic heterocycles. The van der Waals surface area contributed by atoms with Crippen molar-refractivity contribution in [2.45, 2.75) is 51.9 Å². The Morgan fingerprint density at radius 2 is 1.59 bits per heavy atom. The highest BCUT2D eigenvalue weighted by Crippen LogP contribution is 2.35. The lowest BCUT2D eigenvalue weighted by Gasteiger charge is -2.20. The summed E-state index contributed by atoms with van der Waals surface area (Å²) in [5, 5.41) is 5.89. The van der Waals surface area contributed by atoms with Gasteiger partial charge in [0.2, 0.25) is 0 Å². The van der Waals surface area contributed by atoms with Crippen LogP contribution in [0.5, 0.6) is 0 Å². The fraction of sp³-hybridized carbons (Fsp3) is 0.296. The summed E-state index contributed by atoms with van der Waals surface area (Å²) in [6, 6.07) is 20.9. The molecule has 0 aliphatic heterocycles. The largest absolute Gasteiger partial charge is 0.431 e. The molecule has 1 aliphatic rings. The summed E-state index contributed by atoms with van der Waals surface area (Å²) in [5.74, 6) is 0. The number of benzene rings is 3. The molecule has 0 saturated carbocycles. The maximum absolute atomic E-state index is 10.1. The summed E-state index contributed by atoms with van der Waals surface area (Å²) in [4.78, 5) is 10.1. The molecule has 0 amide bonds. The molecular formula is C27H28O2. The second-order valence-electron chi connectivity index (χ2n) is 7.81. The van der Waals surface area contributed by atoms with Crippen molar-refractivity contribution in [1.82, 2.24) is 0 Å². The Bertz CT molecular complexity index is 1150. The van der Waals surface area contributed by atoms with E-state index in [-0.39, 0.29) is 5.63 Å². The molecule has 0 radical (unpaired) electrons. The van der Waals surface area contributed by atoms with Crippen LogP contribution < -0.4 is 5.63 Å². The lowest BCUT2D eigenvalue weighted by molar-refractivity contribution is 0.511. The summed E-state index contributed by atoms with van der Waals surface area (Å²) in [7, 11) is 0. The standard InChI is InChI=1S/C22H24.C5H4O2/c1-2-3-8-17-15-22-18-10-5-4-9-16(18)13-14-21(22)20-12-7-6-11-19(17)20;6-5-3-1-2-4-7-5/h6-7,11-15H,2-5,8-10H2,1H3;1-4H. The van der Waals surface area contributed by atoms with Gasteiger partial charge in [-0.3, -0.25) is 0 Å². The third-order valence-electron chi connectivity index (χ3n) is 5.86. The maximum Gasteiger partial charge on any atom is 0.335 e. The van der Waals surface area contributed by atoms with Crippen molar-refractivity contribution in [3.05, 3.63) is 94.0 Å². The first-order valence-electron chi connectivity index (χ1n) is 10.8. The SMILES string of the molecule is CCCCc1cc2c3c(ccc2c2ccccc12)CCCC3.O=c1cccco1. The van der Waals surface area contributed by atoms with Gasteiger partial charge in [-0.25, -0.2) is 4.79 Å². The van der Waals surface area contributed by atoms with Crippen LogP contribution in [-0.2, 0) is 19.3 Å². The van der Waals surface area contributed by atoms with Gasteiger partial charge in [-0.05, 0) is 82.8 Å². The van der Waals surface area contributed by atoms with Gasteiger partial charge in [0.05, 0.1) is 6.26 Å². The van der Waals surface area contributed by atoms with Gasteiger partial charge in [0.25, 0.3) is 0 Å². The summed E-state index contributed by atoms with van der Waals surface area (Å²) >= 11 is 0. The van der Waals surface area contributed by atoms with Crippen molar-refractivity contribution in [1.29, 1.82) is 0 Å². The van der Waals surface area contributed by atoms with E-state index in [1.54, 1.807) is 28.8 Å². The van der Waals surface area contributed by atoms with Crippen molar-refractivity contribution in [3.63, 3.8) is 0 Å². The van der Waals surface area contributed by atoms with E-state index in [0.717, 1.165) is 0 Å². The van der Waals surface area contributed by atoms with Crippen molar-refractivity contribution < 1.29 is 4.42 Å². The number of hydrogen-bond acceptors (Lipinski definition) is 2. The second kappa shape index (κ2) is 9.09. The van der Waals surface area contributed by atoms with Crippen LogP contribution in [0, 0.1) is 0 Å². The fourth-order valence-corrected chi connectivity index (χ4v) is 4.41. The Balaban J connectivity index is 0.000000249. The third kappa shape index (κ3) is 4.27. The monoisotopic (exact) mass is 384 g/mol. The maximum atomic E-state index is 10.1. The molecule has 0 atom stereocenters. The summed E-state index contributed by atoms with van der Waals surface area (Å²) in [5.41, 5.74) is 4.47. The molecule has 0 saturated heterocycles. The molecule has 5 rings (SSSR count). The van der Waals surface area contributed by atoms with Gasteiger partial charge in [0.1, 0.15) is 0 Å². The predicted molar refractivity (Wildman–Crippen MR) is 122 cm³/mol. The number of rotatable bonds is 3. The highest BCUT2D eigenvalue weighted by Gasteiger charge is 2.15. The highest BCUT2D eigenvalue weighted by atomic mass is 16.4. The van der Waals surface area contributed by atoms with Crippen LogP contribution in [0.1, 0.15) is 49.3 Å². The lowest BCUT2D eigenvalue weighted by atomic mass is 9.85. The van der Waals surface area contributed by atoms with E-state index < -0.39 is 0 Å². The van der Waals surface area contributed by atoms with E-state index in [1.165, 1.54) is 78.8 Å². The van der Waals surface area contributed by atoms with Crippen molar-refractivity contribution in [3.8, 4) is 0 Å². The van der Waals surface area contributed by atoms with E-state index in [9.17, 15) is 4.79 Å². The van der Waals surface area contributed by atoms with Gasteiger partial charge >= 0.3 is 5.63 Å². The van der Waals surface area contributed by atoms with E-state index in [2.05, 4.69) is 53.8 Å². The first kappa shape index (κ1) is 19.4. The van der Waals surface area contributed by atoms with Crippen LogP contribution in [0.2, 0.25) is 0 Å². The average Bonchev–Trinajstić information content (AvgIpc) is 2.78. The van der Waals surface area contributed by atoms with Gasteiger partial charge in [0, 0.05) is 6.07 Å². The summed E-state index contributed by atoms with van der Waals surface area (Å²) in [6.45, 7) is 2.28. The van der Waals surface area contributed by atoms with Gasteiger partial charge < -0.3 is 4.42 Å². The third-order valence-corrected chi connectivity index (χ3v) is 5.86. The van der Waals surface area contributed by atoms with Gasteiger partial charge in [-0.2, -0.15) is 0 Å². The Hall–Kier alpha value is -2.87. The van der Waals surface area contributed by atoms with E-state index in [1.807, 2.05) is 0 Å². The van der Waals surface area contributed by atoms with Crippen molar-refractivity contribution in [2.75, 3.05) is 0 Å². The minimum atomic E-state index is -0.303. The minimum Gasteiger partial charge on any atom is -0.431 e. The smallest absolute Gasteiger partial charge is 0.335 e. The first-order valence-corrected chi connectivity index (χ1v) is 10.8. The lowest BCUT2D eigenvalue weighted by Crippen LogP contribution is -2.03. The summed E-state index contributed by atoms with van der Waals surface area (Å²) in [6.07, 6.45) is 10.3. The minimum absolute atomic E-state index is 0.303. The van der Waals surface area contributed by atoms with Crippen LogP contribution in [0.25, 0.3) is 21.5 Å². The Morgan fingerprint density at radius 3 is 2.31 bits per heavy atom. The van der Waals surface area contributed by atoms with E-state index in [0.29, 0.717) is 0 Å². The topological polar surface area (TPSA) is 30.2 Å². The molecule has 29 heavy (non-hydrogen) atoms. The number of fused-ring (bicyclic) bond motifs is 5. The average molecular weight is 385 g/mol. The predicted octanol–water partition coefficient (Wildman–Crippen LogP) is 6.85. The molecular weight excluding hydrogens is 356 g/mol. The van der Waals surface area contributed by atoms with Crippen molar-refractivity contribution in [2.24, 2.45) is 0 Å². The van der Waals surface area contributed by atoms with Gasteiger partial charge in [-0.15, -0.1) is 0 Å². The van der Waals surface area contributed by atoms with Crippen LogP contribution in [0.15, 0.2) is 76.1 Å². The molecule has 1 heterocycles. The van der Waals surface area contributed by atoms with Crippen LogP contribution in [0.4, 0.5) is 0 Å². The molecule has 0 bridgehead atoms. The second-order valence-corrected chi connectivity index (χ2v) is 7.81. The molecule has 0 fully saturated rings. The normalized spacial score (nSPS) is 13.0. The van der Waals surface area contributed by atoms with Crippen molar-refractivity contribution >= 4 is 21.5 Å². The zero-order valence-electron chi connectivity index (χ0n) is 17.1. The number of aryl methyl sites for hydroxylation is 3. The molecule has 148 valence electrons. The van der Waals surface area contributed by atoms with E-state index >= 15 is 0 Å². The molecule has 2 nitrogen and oxygen atoms in total. The van der Waals surface area contributed by atoms with Crippen LogP contribution in [0.3, 0.4) is 0 Å². The molecule has 2 heteroatoms. The Morgan fingerprint density at radius 1 is 0.828 bits per heavy atom. The van der Waals surface area contributed by atoms with Gasteiger partial charge in [-0.1, -0.05) is 61.9 Å². The highest BCUT2D eigenvalue weighted by molar-refractivity contribution is 6.10. The van der Waals surface area contributed by atoms with E-state index in [4.69, 9.17) is 0 Å². The number of hydrogen-bond donors (Lipinski definition) is 0. The summed E-state index contributed by atoms with van der Waals surface area (Å²) < 4.78 is 4.37. The fourth-order valence-electron chi connectivity index (χ4n) is 4.41.